The highest BCUT2D eigenvalue weighted by Gasteiger charge is 2.30. The fourth-order valence-corrected chi connectivity index (χ4v) is 5.10. The summed E-state index contributed by atoms with van der Waals surface area (Å²) in [5.74, 6) is 0.361. The van der Waals surface area contributed by atoms with Gasteiger partial charge in [-0.1, -0.05) is 25.4 Å². The van der Waals surface area contributed by atoms with Crippen LogP contribution in [0.15, 0.2) is 47.4 Å². The summed E-state index contributed by atoms with van der Waals surface area (Å²) < 4.78 is 43.2. The van der Waals surface area contributed by atoms with Gasteiger partial charge in [0.25, 0.3) is 5.91 Å². The topological polar surface area (TPSA) is 102 Å². The first-order valence-corrected chi connectivity index (χ1v) is 13.4. The smallest absolute Gasteiger partial charge is 0.338 e. The first-order chi connectivity index (χ1) is 17.1. The molecule has 1 saturated heterocycles. The van der Waals surface area contributed by atoms with Gasteiger partial charge in [-0.25, -0.2) is 13.2 Å². The molecule has 1 aliphatic heterocycles. The van der Waals surface area contributed by atoms with Gasteiger partial charge in [0.2, 0.25) is 10.0 Å². The van der Waals surface area contributed by atoms with Crippen molar-refractivity contribution in [3.05, 3.63) is 53.1 Å². The van der Waals surface area contributed by atoms with Crippen molar-refractivity contribution in [3.8, 4) is 11.5 Å². The largest absolute Gasteiger partial charge is 0.493 e. The minimum absolute atomic E-state index is 0.139. The lowest BCUT2D eigenvalue weighted by Crippen LogP contribution is -2.51. The Hall–Kier alpha value is -2.82. The number of esters is 1. The van der Waals surface area contributed by atoms with Crippen LogP contribution in [0.2, 0.25) is 5.02 Å². The van der Waals surface area contributed by atoms with Crippen molar-refractivity contribution >= 4 is 33.5 Å². The van der Waals surface area contributed by atoms with Gasteiger partial charge in [-0.15, -0.1) is 0 Å². The molecule has 1 fully saturated rings. The Bertz CT molecular complexity index is 1160. The molecule has 1 aliphatic rings. The zero-order valence-corrected chi connectivity index (χ0v) is 22.2. The summed E-state index contributed by atoms with van der Waals surface area (Å²) >= 11 is 5.84. The van der Waals surface area contributed by atoms with Crippen molar-refractivity contribution in [1.29, 1.82) is 0 Å². The Morgan fingerprint density at radius 3 is 2.28 bits per heavy atom. The molecule has 0 bridgehead atoms. The Morgan fingerprint density at radius 2 is 1.67 bits per heavy atom. The average molecular weight is 539 g/mol. The molecule has 196 valence electrons. The standard InChI is InChI=1S/C25H31ClN2O7S/c1-18(2)10-15-34-22-9-4-19(16-23(22)33-3)25(30)35-17-24(29)27-11-13-28(14-12-27)36(31,32)21-7-5-20(26)6-8-21/h4-9,16,18H,10-15,17H2,1-3H3. The van der Waals surface area contributed by atoms with E-state index in [1.807, 2.05) is 0 Å². The van der Waals surface area contributed by atoms with Crippen LogP contribution in [0.4, 0.5) is 0 Å². The molecule has 2 aromatic carbocycles. The molecule has 0 spiro atoms. The van der Waals surface area contributed by atoms with Crippen LogP contribution in [0.25, 0.3) is 0 Å². The Morgan fingerprint density at radius 1 is 1.00 bits per heavy atom. The van der Waals surface area contributed by atoms with Gasteiger partial charge in [-0.3, -0.25) is 4.79 Å². The maximum atomic E-state index is 12.8. The summed E-state index contributed by atoms with van der Waals surface area (Å²) in [4.78, 5) is 26.7. The van der Waals surface area contributed by atoms with Gasteiger partial charge in [0.15, 0.2) is 18.1 Å². The number of hydrogen-bond acceptors (Lipinski definition) is 7. The van der Waals surface area contributed by atoms with Crippen molar-refractivity contribution in [2.45, 2.75) is 25.2 Å². The van der Waals surface area contributed by atoms with Gasteiger partial charge in [-0.05, 0) is 54.8 Å². The van der Waals surface area contributed by atoms with Gasteiger partial charge in [-0.2, -0.15) is 4.31 Å². The minimum atomic E-state index is -3.68. The molecule has 0 radical (unpaired) electrons. The molecule has 36 heavy (non-hydrogen) atoms. The molecule has 0 saturated carbocycles. The van der Waals surface area contributed by atoms with E-state index in [0.717, 1.165) is 6.42 Å². The van der Waals surface area contributed by atoms with Crippen LogP contribution in [0, 0.1) is 5.92 Å². The normalized spacial score (nSPS) is 14.5. The van der Waals surface area contributed by atoms with E-state index in [9.17, 15) is 18.0 Å². The third-order valence-electron chi connectivity index (χ3n) is 5.72. The fraction of sp³-hybridized carbons (Fsp3) is 0.440. The fourth-order valence-electron chi connectivity index (χ4n) is 3.55. The highest BCUT2D eigenvalue weighted by Crippen LogP contribution is 2.29. The number of amides is 1. The number of carbonyl (C=O) groups is 2. The van der Waals surface area contributed by atoms with Crippen LogP contribution < -0.4 is 9.47 Å². The Balaban J connectivity index is 1.51. The second kappa shape index (κ2) is 12.4. The molecular weight excluding hydrogens is 508 g/mol. The summed E-state index contributed by atoms with van der Waals surface area (Å²) in [6.45, 7) is 4.95. The first kappa shape index (κ1) is 27.8. The summed E-state index contributed by atoms with van der Waals surface area (Å²) in [5.41, 5.74) is 0.231. The highest BCUT2D eigenvalue weighted by atomic mass is 35.5. The number of benzene rings is 2. The molecular formula is C25H31ClN2O7S. The molecule has 0 aromatic heterocycles. The maximum absolute atomic E-state index is 12.8. The number of nitrogens with zero attached hydrogens (tertiary/aromatic N) is 2. The number of piperazine rings is 1. The van der Waals surface area contributed by atoms with Crippen LogP contribution >= 0.6 is 11.6 Å². The van der Waals surface area contributed by atoms with Gasteiger partial charge in [0.05, 0.1) is 24.2 Å². The lowest BCUT2D eigenvalue weighted by molar-refractivity contribution is -0.135. The van der Waals surface area contributed by atoms with Crippen LogP contribution in [0.1, 0.15) is 30.6 Å². The van der Waals surface area contributed by atoms with E-state index in [-0.39, 0.29) is 36.6 Å². The van der Waals surface area contributed by atoms with Gasteiger partial charge < -0.3 is 19.1 Å². The molecule has 1 amide bonds. The zero-order chi connectivity index (χ0) is 26.3. The van der Waals surface area contributed by atoms with Crippen molar-refractivity contribution < 1.29 is 32.2 Å². The third-order valence-corrected chi connectivity index (χ3v) is 7.89. The molecule has 9 nitrogen and oxygen atoms in total. The number of methoxy groups -OCH3 is 1. The molecule has 0 N–H and O–H groups in total. The van der Waals surface area contributed by atoms with Crippen LogP contribution in [-0.4, -0.2) is 76.0 Å². The number of sulfonamides is 1. The Labute approximate surface area is 216 Å². The van der Waals surface area contributed by atoms with Gasteiger partial charge >= 0.3 is 5.97 Å². The zero-order valence-electron chi connectivity index (χ0n) is 20.6. The lowest BCUT2D eigenvalue weighted by Gasteiger charge is -2.33. The van der Waals surface area contributed by atoms with Gasteiger partial charge in [0, 0.05) is 31.2 Å². The molecule has 1 heterocycles. The number of rotatable bonds is 10. The summed E-state index contributed by atoms with van der Waals surface area (Å²) in [6, 6.07) is 10.6. The molecule has 2 aromatic rings. The number of halogens is 1. The predicted molar refractivity (Wildman–Crippen MR) is 135 cm³/mol. The number of ether oxygens (including phenoxy) is 3. The van der Waals surface area contributed by atoms with Crippen molar-refractivity contribution in [1.82, 2.24) is 9.21 Å². The SMILES string of the molecule is COc1cc(C(=O)OCC(=O)N2CCN(S(=O)(=O)c3ccc(Cl)cc3)CC2)ccc1OCCC(C)C. The second-order valence-electron chi connectivity index (χ2n) is 8.71. The van der Waals surface area contributed by atoms with E-state index < -0.39 is 28.5 Å². The first-order valence-electron chi connectivity index (χ1n) is 11.6. The Kier molecular flexibility index (Phi) is 9.58. The van der Waals surface area contributed by atoms with Crippen LogP contribution in [-0.2, 0) is 19.6 Å². The lowest BCUT2D eigenvalue weighted by atomic mass is 10.1. The summed E-state index contributed by atoms with van der Waals surface area (Å²) in [6.07, 6.45) is 0.885. The molecule has 11 heteroatoms. The van der Waals surface area contributed by atoms with Crippen molar-refractivity contribution in [3.63, 3.8) is 0 Å². The minimum Gasteiger partial charge on any atom is -0.493 e. The summed E-state index contributed by atoms with van der Waals surface area (Å²) in [5, 5.41) is 0.447. The highest BCUT2D eigenvalue weighted by molar-refractivity contribution is 7.89. The molecule has 0 unspecified atom stereocenters. The van der Waals surface area contributed by atoms with E-state index in [1.165, 1.54) is 46.6 Å². The van der Waals surface area contributed by atoms with Crippen LogP contribution in [0.5, 0.6) is 11.5 Å². The maximum Gasteiger partial charge on any atom is 0.338 e. The third kappa shape index (κ3) is 7.11. The monoisotopic (exact) mass is 538 g/mol. The van der Waals surface area contributed by atoms with Crippen molar-refractivity contribution in [2.24, 2.45) is 5.92 Å². The summed E-state index contributed by atoms with van der Waals surface area (Å²) in [7, 11) is -2.20. The second-order valence-corrected chi connectivity index (χ2v) is 11.1. The predicted octanol–water partition coefficient (Wildman–Crippen LogP) is 3.46. The van der Waals surface area contributed by atoms with Crippen LogP contribution in [0.3, 0.4) is 0 Å². The van der Waals surface area contributed by atoms with E-state index in [4.69, 9.17) is 25.8 Å². The van der Waals surface area contributed by atoms with E-state index in [2.05, 4.69) is 13.8 Å². The van der Waals surface area contributed by atoms with Gasteiger partial charge in [0.1, 0.15) is 0 Å². The molecule has 0 aliphatic carbocycles. The molecule has 3 rings (SSSR count). The molecule has 0 atom stereocenters. The number of carbonyl (C=O) groups excluding carboxylic acids is 2. The van der Waals surface area contributed by atoms with E-state index in [0.29, 0.717) is 29.0 Å². The average Bonchev–Trinajstić information content (AvgIpc) is 2.87. The quantitative estimate of drug-likeness (QED) is 0.427. The van der Waals surface area contributed by atoms with E-state index in [1.54, 1.807) is 12.1 Å². The van der Waals surface area contributed by atoms with E-state index >= 15 is 0 Å². The number of hydrogen-bond donors (Lipinski definition) is 0. The van der Waals surface area contributed by atoms with Crippen molar-refractivity contribution in [2.75, 3.05) is 46.5 Å².